The smallest absolute Gasteiger partial charge is 0.146 e. The van der Waals surface area contributed by atoms with Gasteiger partial charge in [-0.3, -0.25) is 4.79 Å². The van der Waals surface area contributed by atoms with Crippen molar-refractivity contribution in [1.82, 2.24) is 0 Å². The summed E-state index contributed by atoms with van der Waals surface area (Å²) in [5.74, 6) is 0. The topological polar surface area (TPSA) is 17.1 Å². The Morgan fingerprint density at radius 2 is 2.33 bits per heavy atom. The standard InChI is InChI=1S/C7H10OS/c1-9-7-4-2-3-6(7)5-8/h5H,2-4H2,1H3. The molecule has 0 aromatic carbocycles. The summed E-state index contributed by atoms with van der Waals surface area (Å²) in [6, 6.07) is 0. The number of carbonyl (C=O) groups excluding carboxylic acids is 1. The first-order chi connectivity index (χ1) is 4.38. The summed E-state index contributed by atoms with van der Waals surface area (Å²) < 4.78 is 0. The van der Waals surface area contributed by atoms with Gasteiger partial charge in [0.1, 0.15) is 6.29 Å². The maximum Gasteiger partial charge on any atom is 0.146 e. The van der Waals surface area contributed by atoms with E-state index in [1.807, 2.05) is 6.26 Å². The Labute approximate surface area is 59.5 Å². The second-order valence-corrected chi connectivity index (χ2v) is 3.02. The van der Waals surface area contributed by atoms with Gasteiger partial charge in [-0.2, -0.15) is 0 Å². The number of rotatable bonds is 2. The molecule has 0 N–H and O–H groups in total. The molecule has 50 valence electrons. The maximum atomic E-state index is 10.3. The van der Waals surface area contributed by atoms with Gasteiger partial charge in [-0.1, -0.05) is 0 Å². The van der Waals surface area contributed by atoms with Crippen molar-refractivity contribution in [2.75, 3.05) is 6.26 Å². The van der Waals surface area contributed by atoms with Crippen LogP contribution in [0.1, 0.15) is 19.3 Å². The molecule has 1 rings (SSSR count). The molecule has 1 nitrogen and oxygen atoms in total. The minimum Gasteiger partial charge on any atom is -0.298 e. The van der Waals surface area contributed by atoms with Crippen molar-refractivity contribution >= 4 is 18.0 Å². The molecule has 0 aliphatic heterocycles. The van der Waals surface area contributed by atoms with Gasteiger partial charge in [0, 0.05) is 5.57 Å². The van der Waals surface area contributed by atoms with E-state index in [2.05, 4.69) is 0 Å². The van der Waals surface area contributed by atoms with Crippen LogP contribution in [0.3, 0.4) is 0 Å². The van der Waals surface area contributed by atoms with Crippen molar-refractivity contribution in [3.63, 3.8) is 0 Å². The highest BCUT2D eigenvalue weighted by atomic mass is 32.2. The number of allylic oxidation sites excluding steroid dienone is 2. The molecule has 0 saturated heterocycles. The van der Waals surface area contributed by atoms with Gasteiger partial charge in [0.25, 0.3) is 0 Å². The molecule has 0 amide bonds. The van der Waals surface area contributed by atoms with Gasteiger partial charge in [0.2, 0.25) is 0 Å². The van der Waals surface area contributed by atoms with Crippen molar-refractivity contribution in [2.24, 2.45) is 0 Å². The minimum absolute atomic E-state index is 0.999. The molecule has 0 unspecified atom stereocenters. The molecule has 1 aliphatic carbocycles. The van der Waals surface area contributed by atoms with E-state index in [0.29, 0.717) is 0 Å². The van der Waals surface area contributed by atoms with Gasteiger partial charge < -0.3 is 0 Å². The van der Waals surface area contributed by atoms with Crippen LogP contribution in [0.5, 0.6) is 0 Å². The highest BCUT2D eigenvalue weighted by Crippen LogP contribution is 2.31. The number of hydrogen-bond acceptors (Lipinski definition) is 2. The first kappa shape index (κ1) is 6.87. The maximum absolute atomic E-state index is 10.3. The van der Waals surface area contributed by atoms with E-state index in [1.54, 1.807) is 11.8 Å². The van der Waals surface area contributed by atoms with Crippen LogP contribution in [0.25, 0.3) is 0 Å². The minimum atomic E-state index is 0.999. The zero-order chi connectivity index (χ0) is 6.69. The van der Waals surface area contributed by atoms with Crippen molar-refractivity contribution in [3.05, 3.63) is 10.5 Å². The predicted octanol–water partition coefficient (Wildman–Crippen LogP) is 1.99. The molecule has 0 atom stereocenters. The fourth-order valence-electron chi connectivity index (χ4n) is 1.10. The van der Waals surface area contributed by atoms with Crippen LogP contribution >= 0.6 is 11.8 Å². The third-order valence-electron chi connectivity index (χ3n) is 1.60. The van der Waals surface area contributed by atoms with Gasteiger partial charge in [0.05, 0.1) is 0 Å². The molecule has 0 bridgehead atoms. The van der Waals surface area contributed by atoms with Crippen LogP contribution in [0.4, 0.5) is 0 Å². The van der Waals surface area contributed by atoms with Crippen molar-refractivity contribution in [1.29, 1.82) is 0 Å². The molecule has 0 aromatic heterocycles. The summed E-state index contributed by atoms with van der Waals surface area (Å²) >= 11 is 1.71. The van der Waals surface area contributed by atoms with Crippen LogP contribution in [0, 0.1) is 0 Å². The van der Waals surface area contributed by atoms with E-state index in [-0.39, 0.29) is 0 Å². The second-order valence-electron chi connectivity index (χ2n) is 2.12. The van der Waals surface area contributed by atoms with Crippen molar-refractivity contribution in [2.45, 2.75) is 19.3 Å². The molecule has 0 spiro atoms. The summed E-state index contributed by atoms with van der Waals surface area (Å²) in [5.41, 5.74) is 1.03. The molecule has 9 heavy (non-hydrogen) atoms. The van der Waals surface area contributed by atoms with Crippen LogP contribution in [0.2, 0.25) is 0 Å². The number of aldehydes is 1. The van der Waals surface area contributed by atoms with Crippen LogP contribution in [-0.4, -0.2) is 12.5 Å². The summed E-state index contributed by atoms with van der Waals surface area (Å²) in [6.07, 6.45) is 6.32. The van der Waals surface area contributed by atoms with E-state index in [0.717, 1.165) is 24.7 Å². The summed E-state index contributed by atoms with van der Waals surface area (Å²) in [7, 11) is 0. The summed E-state index contributed by atoms with van der Waals surface area (Å²) in [5, 5.41) is 0. The van der Waals surface area contributed by atoms with Crippen molar-refractivity contribution in [3.8, 4) is 0 Å². The molecule has 2 heteroatoms. The van der Waals surface area contributed by atoms with E-state index in [1.165, 1.54) is 11.3 Å². The molecule has 0 heterocycles. The number of hydrogen-bond donors (Lipinski definition) is 0. The molecule has 0 radical (unpaired) electrons. The van der Waals surface area contributed by atoms with E-state index in [9.17, 15) is 4.79 Å². The normalized spacial score (nSPS) is 18.8. The Hall–Kier alpha value is -0.240. The van der Waals surface area contributed by atoms with Gasteiger partial charge >= 0.3 is 0 Å². The largest absolute Gasteiger partial charge is 0.298 e. The Bertz CT molecular complexity index is 149. The second kappa shape index (κ2) is 3.06. The lowest BCUT2D eigenvalue weighted by Crippen LogP contribution is -1.79. The van der Waals surface area contributed by atoms with E-state index < -0.39 is 0 Å². The lowest BCUT2D eigenvalue weighted by Gasteiger charge is -1.93. The average Bonchev–Trinajstić information content (AvgIpc) is 2.33. The molecule has 0 fully saturated rings. The number of thioether (sulfide) groups is 1. The Morgan fingerprint density at radius 1 is 1.56 bits per heavy atom. The van der Waals surface area contributed by atoms with Gasteiger partial charge in [-0.15, -0.1) is 11.8 Å². The Morgan fingerprint density at radius 3 is 2.78 bits per heavy atom. The Balaban J connectivity index is 2.69. The fraction of sp³-hybridized carbons (Fsp3) is 0.571. The molecule has 1 aliphatic rings. The van der Waals surface area contributed by atoms with Crippen molar-refractivity contribution < 1.29 is 4.79 Å². The van der Waals surface area contributed by atoms with Gasteiger partial charge in [-0.05, 0) is 30.4 Å². The average molecular weight is 142 g/mol. The van der Waals surface area contributed by atoms with Crippen LogP contribution in [0.15, 0.2) is 10.5 Å². The quantitative estimate of drug-likeness (QED) is 0.548. The van der Waals surface area contributed by atoms with Crippen LogP contribution < -0.4 is 0 Å². The highest BCUT2D eigenvalue weighted by Gasteiger charge is 2.11. The first-order valence-electron chi connectivity index (χ1n) is 3.09. The molecule has 0 aromatic rings. The summed E-state index contributed by atoms with van der Waals surface area (Å²) in [6.45, 7) is 0. The highest BCUT2D eigenvalue weighted by molar-refractivity contribution is 8.02. The third-order valence-corrected chi connectivity index (χ3v) is 2.56. The summed E-state index contributed by atoms with van der Waals surface area (Å²) in [4.78, 5) is 11.6. The van der Waals surface area contributed by atoms with Gasteiger partial charge in [-0.25, -0.2) is 0 Å². The van der Waals surface area contributed by atoms with E-state index in [4.69, 9.17) is 0 Å². The fourth-order valence-corrected chi connectivity index (χ4v) is 1.86. The Kier molecular flexibility index (Phi) is 2.34. The lowest BCUT2D eigenvalue weighted by molar-refractivity contribution is -0.105. The zero-order valence-electron chi connectivity index (χ0n) is 5.52. The molecular weight excluding hydrogens is 132 g/mol. The molecular formula is C7H10OS. The first-order valence-corrected chi connectivity index (χ1v) is 4.32. The van der Waals surface area contributed by atoms with Gasteiger partial charge in [0.15, 0.2) is 0 Å². The third kappa shape index (κ3) is 1.36. The lowest BCUT2D eigenvalue weighted by atomic mass is 10.3. The molecule has 0 saturated carbocycles. The van der Waals surface area contributed by atoms with Crippen LogP contribution in [-0.2, 0) is 4.79 Å². The predicted molar refractivity (Wildman–Crippen MR) is 40.5 cm³/mol. The SMILES string of the molecule is CSC1=C(C=O)CCC1. The zero-order valence-corrected chi connectivity index (χ0v) is 6.33. The van der Waals surface area contributed by atoms with E-state index >= 15 is 0 Å². The monoisotopic (exact) mass is 142 g/mol. The number of carbonyl (C=O) groups is 1.